The van der Waals surface area contributed by atoms with E-state index >= 15 is 0 Å². The van der Waals surface area contributed by atoms with Gasteiger partial charge in [0.05, 0.1) is 18.8 Å². The molecule has 0 radical (unpaired) electrons. The van der Waals surface area contributed by atoms with Crippen LogP contribution in [0.2, 0.25) is 0 Å². The molecule has 6 nitrogen and oxygen atoms in total. The highest BCUT2D eigenvalue weighted by atomic mass is 16.5. The number of nitrogens with one attached hydrogen (secondary N) is 1. The number of rotatable bonds is 7. The Labute approximate surface area is 135 Å². The number of hydrogen-bond donors (Lipinski definition) is 1. The van der Waals surface area contributed by atoms with E-state index in [1.165, 1.54) is 19.3 Å². The molecular formula is C17H21NO5. The topological polar surface area (TPSA) is 73.9 Å². The summed E-state index contributed by atoms with van der Waals surface area (Å²) in [6.45, 7) is 1.43. The summed E-state index contributed by atoms with van der Waals surface area (Å²) in [6.07, 6.45) is 4.91. The van der Waals surface area contributed by atoms with Crippen molar-refractivity contribution in [2.45, 2.75) is 18.9 Å². The largest absolute Gasteiger partial charge is 0.490 e. The van der Waals surface area contributed by atoms with E-state index in [1.807, 2.05) is 6.07 Å². The van der Waals surface area contributed by atoms with E-state index in [1.54, 1.807) is 18.2 Å². The summed E-state index contributed by atoms with van der Waals surface area (Å²) in [5.74, 6) is -0.195. The maximum atomic E-state index is 12.2. The van der Waals surface area contributed by atoms with Crippen LogP contribution in [0.3, 0.4) is 0 Å². The number of carbonyl (C=O) groups excluding carboxylic acids is 2. The van der Waals surface area contributed by atoms with Crippen LogP contribution >= 0.6 is 0 Å². The molecule has 0 aliphatic carbocycles. The Morgan fingerprint density at radius 2 is 2.22 bits per heavy atom. The molecule has 1 saturated heterocycles. The normalized spacial score (nSPS) is 17.2. The van der Waals surface area contributed by atoms with Gasteiger partial charge < -0.3 is 19.5 Å². The number of methoxy groups -OCH3 is 1. The fourth-order valence-electron chi connectivity index (χ4n) is 2.21. The van der Waals surface area contributed by atoms with E-state index in [0.717, 1.165) is 19.4 Å². The number of ether oxygens (including phenoxy) is 3. The third-order valence-corrected chi connectivity index (χ3v) is 3.42. The van der Waals surface area contributed by atoms with Gasteiger partial charge in [-0.2, -0.15) is 0 Å². The van der Waals surface area contributed by atoms with Crippen molar-refractivity contribution in [2.24, 2.45) is 0 Å². The Balaban J connectivity index is 1.88. The molecule has 6 heteroatoms. The quantitative estimate of drug-likeness (QED) is 0.612. The Morgan fingerprint density at radius 3 is 2.96 bits per heavy atom. The molecule has 1 amide bonds. The van der Waals surface area contributed by atoms with Gasteiger partial charge in [-0.05, 0) is 25.0 Å². The molecule has 1 aromatic carbocycles. The van der Waals surface area contributed by atoms with Crippen LogP contribution in [0.15, 0.2) is 36.4 Å². The highest BCUT2D eigenvalue weighted by Gasteiger charge is 2.18. The number of para-hydroxylation sites is 1. The molecule has 1 atom stereocenters. The summed E-state index contributed by atoms with van der Waals surface area (Å²) < 4.78 is 15.7. The van der Waals surface area contributed by atoms with Gasteiger partial charge in [0.2, 0.25) is 0 Å². The summed E-state index contributed by atoms with van der Waals surface area (Å²) in [4.78, 5) is 23.1. The molecule has 1 aromatic rings. The Kier molecular flexibility index (Phi) is 6.62. The van der Waals surface area contributed by atoms with Crippen molar-refractivity contribution < 1.29 is 23.8 Å². The Hall–Kier alpha value is -2.34. The number of carbonyl (C=O) groups is 2. The van der Waals surface area contributed by atoms with Crippen molar-refractivity contribution >= 4 is 11.9 Å². The molecule has 0 saturated carbocycles. The SMILES string of the molecule is COC(=O)/C=C/CNC(=O)c1ccccc1OCC1CCCO1. The van der Waals surface area contributed by atoms with Gasteiger partial charge in [0.25, 0.3) is 5.91 Å². The summed E-state index contributed by atoms with van der Waals surface area (Å²) >= 11 is 0. The molecule has 0 bridgehead atoms. The fraction of sp³-hybridized carbons (Fsp3) is 0.412. The average Bonchev–Trinajstić information content (AvgIpc) is 3.10. The minimum absolute atomic E-state index is 0.0918. The third-order valence-electron chi connectivity index (χ3n) is 3.42. The Bertz CT molecular complexity index is 564. The van der Waals surface area contributed by atoms with Gasteiger partial charge in [0, 0.05) is 19.2 Å². The molecule has 124 valence electrons. The Morgan fingerprint density at radius 1 is 1.39 bits per heavy atom. The number of esters is 1. The lowest BCUT2D eigenvalue weighted by Crippen LogP contribution is -2.25. The van der Waals surface area contributed by atoms with Crippen LogP contribution < -0.4 is 10.1 Å². The second kappa shape index (κ2) is 8.95. The molecule has 23 heavy (non-hydrogen) atoms. The van der Waals surface area contributed by atoms with E-state index in [-0.39, 0.29) is 18.6 Å². The fourth-order valence-corrected chi connectivity index (χ4v) is 2.21. The van der Waals surface area contributed by atoms with Crippen LogP contribution in [-0.4, -0.2) is 44.8 Å². The van der Waals surface area contributed by atoms with Crippen LogP contribution in [-0.2, 0) is 14.3 Å². The van der Waals surface area contributed by atoms with Crippen LogP contribution in [0, 0.1) is 0 Å². The van der Waals surface area contributed by atoms with Gasteiger partial charge in [0.15, 0.2) is 0 Å². The van der Waals surface area contributed by atoms with Crippen LogP contribution in [0.25, 0.3) is 0 Å². The second-order valence-electron chi connectivity index (χ2n) is 5.08. The minimum Gasteiger partial charge on any atom is -0.490 e. The molecule has 1 fully saturated rings. The van der Waals surface area contributed by atoms with Gasteiger partial charge in [-0.25, -0.2) is 4.79 Å². The lowest BCUT2D eigenvalue weighted by atomic mass is 10.2. The molecule has 1 aliphatic heterocycles. The van der Waals surface area contributed by atoms with E-state index < -0.39 is 5.97 Å². The molecule has 1 heterocycles. The van der Waals surface area contributed by atoms with E-state index in [4.69, 9.17) is 9.47 Å². The molecule has 1 aliphatic rings. The number of amides is 1. The van der Waals surface area contributed by atoms with E-state index in [0.29, 0.717) is 17.9 Å². The van der Waals surface area contributed by atoms with Crippen molar-refractivity contribution in [3.63, 3.8) is 0 Å². The zero-order valence-corrected chi connectivity index (χ0v) is 13.1. The predicted octanol–water partition coefficient (Wildman–Crippen LogP) is 1.70. The molecule has 1 N–H and O–H groups in total. The molecule has 1 unspecified atom stereocenters. The highest BCUT2D eigenvalue weighted by Crippen LogP contribution is 2.20. The van der Waals surface area contributed by atoms with Crippen molar-refractivity contribution in [1.29, 1.82) is 0 Å². The highest BCUT2D eigenvalue weighted by molar-refractivity contribution is 5.97. The van der Waals surface area contributed by atoms with Gasteiger partial charge in [-0.1, -0.05) is 18.2 Å². The molecule has 0 spiro atoms. The first-order chi connectivity index (χ1) is 11.2. The summed E-state index contributed by atoms with van der Waals surface area (Å²) in [5, 5.41) is 2.70. The second-order valence-corrected chi connectivity index (χ2v) is 5.08. The molecular weight excluding hydrogens is 298 g/mol. The van der Waals surface area contributed by atoms with Crippen molar-refractivity contribution in [3.05, 3.63) is 42.0 Å². The van der Waals surface area contributed by atoms with E-state index in [9.17, 15) is 9.59 Å². The van der Waals surface area contributed by atoms with Crippen molar-refractivity contribution in [2.75, 3.05) is 26.9 Å². The smallest absolute Gasteiger partial charge is 0.330 e. The van der Waals surface area contributed by atoms with Gasteiger partial charge >= 0.3 is 5.97 Å². The maximum Gasteiger partial charge on any atom is 0.330 e. The average molecular weight is 319 g/mol. The summed E-state index contributed by atoms with van der Waals surface area (Å²) in [6, 6.07) is 7.05. The van der Waals surface area contributed by atoms with Crippen LogP contribution in [0.4, 0.5) is 0 Å². The lowest BCUT2D eigenvalue weighted by molar-refractivity contribution is -0.134. The first-order valence-corrected chi connectivity index (χ1v) is 7.57. The monoisotopic (exact) mass is 319 g/mol. The van der Waals surface area contributed by atoms with Crippen LogP contribution in [0.5, 0.6) is 5.75 Å². The van der Waals surface area contributed by atoms with Crippen molar-refractivity contribution in [1.82, 2.24) is 5.32 Å². The predicted molar refractivity (Wildman–Crippen MR) is 84.4 cm³/mol. The van der Waals surface area contributed by atoms with Gasteiger partial charge in [0.1, 0.15) is 12.4 Å². The lowest BCUT2D eigenvalue weighted by Gasteiger charge is -2.14. The van der Waals surface area contributed by atoms with Crippen molar-refractivity contribution in [3.8, 4) is 5.75 Å². The molecule has 0 aromatic heterocycles. The third kappa shape index (κ3) is 5.41. The first-order valence-electron chi connectivity index (χ1n) is 7.57. The zero-order valence-electron chi connectivity index (χ0n) is 13.1. The van der Waals surface area contributed by atoms with Gasteiger partial charge in [-0.15, -0.1) is 0 Å². The summed E-state index contributed by atoms with van der Waals surface area (Å²) in [7, 11) is 1.30. The first kappa shape index (κ1) is 17.0. The van der Waals surface area contributed by atoms with Crippen LogP contribution in [0.1, 0.15) is 23.2 Å². The van der Waals surface area contributed by atoms with E-state index in [2.05, 4.69) is 10.1 Å². The summed E-state index contributed by atoms with van der Waals surface area (Å²) in [5.41, 5.74) is 0.456. The number of hydrogen-bond acceptors (Lipinski definition) is 5. The minimum atomic E-state index is -0.459. The number of benzene rings is 1. The standard InChI is InChI=1S/C17H21NO5/c1-21-16(19)9-4-10-18-17(20)14-7-2-3-8-15(14)23-12-13-6-5-11-22-13/h2-4,7-9,13H,5-6,10-12H2,1H3,(H,18,20)/b9-4+. The zero-order chi connectivity index (χ0) is 16.5. The molecule has 2 rings (SSSR count). The maximum absolute atomic E-state index is 12.2. The van der Waals surface area contributed by atoms with Gasteiger partial charge in [-0.3, -0.25) is 4.79 Å².